The molecular weight excluding hydrogens is 414 g/mol. The van der Waals surface area contributed by atoms with E-state index in [9.17, 15) is 4.79 Å². The number of carbonyl (C=O) groups excluding carboxylic acids is 1. The summed E-state index contributed by atoms with van der Waals surface area (Å²) >= 11 is 3.41. The Balaban J connectivity index is 1.33. The van der Waals surface area contributed by atoms with Gasteiger partial charge in [-0.2, -0.15) is 0 Å². The molecule has 1 aliphatic heterocycles. The molecule has 0 spiro atoms. The van der Waals surface area contributed by atoms with Crippen molar-refractivity contribution in [2.24, 2.45) is 0 Å². The third-order valence-electron chi connectivity index (χ3n) is 5.33. The Morgan fingerprint density at radius 2 is 2.03 bits per heavy atom. The van der Waals surface area contributed by atoms with Crippen LogP contribution in [0.2, 0.25) is 0 Å². The Kier molecular flexibility index (Phi) is 7.25. The average molecular weight is 442 g/mol. The molecule has 0 bridgehead atoms. The predicted octanol–water partition coefficient (Wildman–Crippen LogP) is 5.29. The maximum absolute atomic E-state index is 12.7. The van der Waals surface area contributed by atoms with Gasteiger partial charge < -0.3 is 9.73 Å². The second-order valence-corrected chi connectivity index (χ2v) is 9.62. The first-order valence-electron chi connectivity index (χ1n) is 10.4. The minimum absolute atomic E-state index is 0.0461. The first-order valence-corrected chi connectivity index (χ1v) is 12.2. The molecule has 1 saturated heterocycles. The molecule has 1 fully saturated rings. The van der Waals surface area contributed by atoms with Crippen LogP contribution in [-0.2, 0) is 5.75 Å². The lowest BCUT2D eigenvalue weighted by atomic mass is 10.1. The van der Waals surface area contributed by atoms with E-state index in [1.165, 1.54) is 19.3 Å². The molecular formula is C23H27N3O2S2. The Bertz CT molecular complexity index is 932. The van der Waals surface area contributed by atoms with Crippen LogP contribution in [0.4, 0.5) is 0 Å². The van der Waals surface area contributed by atoms with E-state index in [4.69, 9.17) is 4.42 Å². The zero-order chi connectivity index (χ0) is 20.8. The number of furan rings is 1. The lowest BCUT2D eigenvalue weighted by molar-refractivity contribution is 0.0914. The number of hydrogen-bond donors (Lipinski definition) is 1. The Hall–Kier alpha value is -2.09. The van der Waals surface area contributed by atoms with Crippen molar-refractivity contribution in [3.63, 3.8) is 0 Å². The topological polar surface area (TPSA) is 58.4 Å². The molecule has 7 heteroatoms. The first-order chi connectivity index (χ1) is 14.7. The van der Waals surface area contributed by atoms with Crippen molar-refractivity contribution in [3.8, 4) is 0 Å². The molecule has 0 radical (unpaired) electrons. The van der Waals surface area contributed by atoms with E-state index in [0.29, 0.717) is 12.1 Å². The third kappa shape index (κ3) is 5.53. The first kappa shape index (κ1) is 21.2. The molecule has 4 rings (SSSR count). The van der Waals surface area contributed by atoms with Gasteiger partial charge in [0.1, 0.15) is 5.76 Å². The number of thiazole rings is 1. The van der Waals surface area contributed by atoms with Crippen molar-refractivity contribution < 1.29 is 9.21 Å². The highest BCUT2D eigenvalue weighted by Gasteiger charge is 2.25. The number of likely N-dealkylation sites (tertiary alicyclic amines) is 1. The van der Waals surface area contributed by atoms with Crippen LogP contribution in [0.5, 0.6) is 0 Å². The van der Waals surface area contributed by atoms with Gasteiger partial charge in [-0.3, -0.25) is 9.69 Å². The maximum atomic E-state index is 12.7. The van der Waals surface area contributed by atoms with Crippen molar-refractivity contribution in [2.75, 3.05) is 19.6 Å². The zero-order valence-electron chi connectivity index (χ0n) is 17.2. The Labute approximate surface area is 185 Å². The molecule has 1 aromatic carbocycles. The second kappa shape index (κ2) is 10.3. The summed E-state index contributed by atoms with van der Waals surface area (Å²) in [7, 11) is 0. The minimum Gasteiger partial charge on any atom is -0.468 e. The highest BCUT2D eigenvalue weighted by atomic mass is 32.2. The molecule has 1 amide bonds. The van der Waals surface area contributed by atoms with E-state index < -0.39 is 0 Å². The van der Waals surface area contributed by atoms with Crippen molar-refractivity contribution in [3.05, 3.63) is 70.1 Å². The number of benzene rings is 1. The lowest BCUT2D eigenvalue weighted by Gasteiger charge is -2.33. The van der Waals surface area contributed by atoms with Gasteiger partial charge in [-0.1, -0.05) is 6.42 Å². The fourth-order valence-electron chi connectivity index (χ4n) is 3.75. The number of hydrogen-bond acceptors (Lipinski definition) is 6. The van der Waals surface area contributed by atoms with E-state index in [0.717, 1.165) is 40.2 Å². The summed E-state index contributed by atoms with van der Waals surface area (Å²) in [4.78, 5) is 20.8. The van der Waals surface area contributed by atoms with E-state index in [-0.39, 0.29) is 11.9 Å². The maximum Gasteiger partial charge on any atom is 0.251 e. The van der Waals surface area contributed by atoms with Crippen LogP contribution in [0, 0.1) is 6.92 Å². The van der Waals surface area contributed by atoms with Crippen LogP contribution in [0.3, 0.4) is 0 Å². The van der Waals surface area contributed by atoms with E-state index >= 15 is 0 Å². The van der Waals surface area contributed by atoms with Crippen LogP contribution in [-0.4, -0.2) is 35.4 Å². The fourth-order valence-corrected chi connectivity index (χ4v) is 5.26. The standard InChI is InChI=1S/C23H27N3O2S2/c1-17-25-19(15-29-17)16-30-20-9-7-18(8-10-20)23(27)24-14-21(22-6-5-13-28-22)26-11-3-2-4-12-26/h5-10,13,15,21H,2-4,11-12,14,16H2,1H3,(H,24,27). The summed E-state index contributed by atoms with van der Waals surface area (Å²) in [6.07, 6.45) is 5.38. The van der Waals surface area contributed by atoms with Gasteiger partial charge in [0, 0.05) is 28.1 Å². The van der Waals surface area contributed by atoms with Crippen LogP contribution < -0.4 is 5.32 Å². The monoisotopic (exact) mass is 441 g/mol. The van der Waals surface area contributed by atoms with Gasteiger partial charge in [-0.15, -0.1) is 23.1 Å². The van der Waals surface area contributed by atoms with Crippen LogP contribution >= 0.6 is 23.1 Å². The van der Waals surface area contributed by atoms with Gasteiger partial charge in [0.05, 0.1) is 23.0 Å². The Morgan fingerprint density at radius 3 is 2.70 bits per heavy atom. The zero-order valence-corrected chi connectivity index (χ0v) is 18.8. The van der Waals surface area contributed by atoms with E-state index in [2.05, 4.69) is 20.6 Å². The number of piperidine rings is 1. The number of amides is 1. The van der Waals surface area contributed by atoms with Crippen molar-refractivity contribution >= 4 is 29.0 Å². The summed E-state index contributed by atoms with van der Waals surface area (Å²) in [5, 5.41) is 6.30. The normalized spacial score (nSPS) is 15.8. The number of carbonyl (C=O) groups is 1. The van der Waals surface area contributed by atoms with E-state index in [1.807, 2.05) is 43.3 Å². The molecule has 1 N–H and O–H groups in total. The quantitative estimate of drug-likeness (QED) is 0.481. The number of aromatic nitrogens is 1. The van der Waals surface area contributed by atoms with Gasteiger partial charge in [-0.25, -0.2) is 4.98 Å². The summed E-state index contributed by atoms with van der Waals surface area (Å²) in [6, 6.07) is 11.8. The molecule has 3 heterocycles. The molecule has 1 aliphatic rings. The number of nitrogens with zero attached hydrogens (tertiary/aromatic N) is 2. The fraction of sp³-hybridized carbons (Fsp3) is 0.391. The molecule has 5 nitrogen and oxygen atoms in total. The molecule has 158 valence electrons. The highest BCUT2D eigenvalue weighted by molar-refractivity contribution is 7.98. The van der Waals surface area contributed by atoms with Crippen molar-refractivity contribution in [1.82, 2.24) is 15.2 Å². The minimum atomic E-state index is -0.0461. The van der Waals surface area contributed by atoms with Crippen molar-refractivity contribution in [1.29, 1.82) is 0 Å². The van der Waals surface area contributed by atoms with Crippen LogP contribution in [0.1, 0.15) is 52.1 Å². The number of thioether (sulfide) groups is 1. The second-order valence-electron chi connectivity index (χ2n) is 7.51. The van der Waals surface area contributed by atoms with Crippen LogP contribution in [0.15, 0.2) is 57.4 Å². The van der Waals surface area contributed by atoms with E-state index in [1.54, 1.807) is 29.4 Å². The number of rotatable bonds is 8. The smallest absolute Gasteiger partial charge is 0.251 e. The lowest BCUT2D eigenvalue weighted by Crippen LogP contribution is -2.40. The molecule has 30 heavy (non-hydrogen) atoms. The third-order valence-corrected chi connectivity index (χ3v) is 7.20. The molecule has 1 unspecified atom stereocenters. The summed E-state index contributed by atoms with van der Waals surface area (Å²) < 4.78 is 5.67. The SMILES string of the molecule is Cc1nc(CSc2ccc(C(=O)NCC(c3ccco3)N3CCCCC3)cc2)cs1. The largest absolute Gasteiger partial charge is 0.468 e. The van der Waals surface area contributed by atoms with Gasteiger partial charge in [0.2, 0.25) is 0 Å². The number of nitrogens with one attached hydrogen (secondary N) is 1. The summed E-state index contributed by atoms with van der Waals surface area (Å²) in [6.45, 7) is 4.66. The summed E-state index contributed by atoms with van der Waals surface area (Å²) in [5.41, 5.74) is 1.78. The van der Waals surface area contributed by atoms with Crippen LogP contribution in [0.25, 0.3) is 0 Å². The van der Waals surface area contributed by atoms with Gasteiger partial charge >= 0.3 is 0 Å². The summed E-state index contributed by atoms with van der Waals surface area (Å²) in [5.74, 6) is 1.72. The van der Waals surface area contributed by atoms with Gasteiger partial charge in [-0.05, 0) is 69.3 Å². The van der Waals surface area contributed by atoms with Crippen molar-refractivity contribution in [2.45, 2.75) is 42.9 Å². The van der Waals surface area contributed by atoms with Gasteiger partial charge in [0.15, 0.2) is 0 Å². The number of aryl methyl sites for hydroxylation is 1. The molecule has 0 saturated carbocycles. The molecule has 0 aliphatic carbocycles. The molecule has 2 aromatic heterocycles. The molecule has 1 atom stereocenters. The Morgan fingerprint density at radius 1 is 1.23 bits per heavy atom. The molecule has 3 aromatic rings. The van der Waals surface area contributed by atoms with Gasteiger partial charge in [0.25, 0.3) is 5.91 Å². The average Bonchev–Trinajstić information content (AvgIpc) is 3.45. The highest BCUT2D eigenvalue weighted by Crippen LogP contribution is 2.26. The predicted molar refractivity (Wildman–Crippen MR) is 122 cm³/mol.